The van der Waals surface area contributed by atoms with Gasteiger partial charge in [0.2, 0.25) is 0 Å². The lowest BCUT2D eigenvalue weighted by Crippen LogP contribution is -1.97. The van der Waals surface area contributed by atoms with Gasteiger partial charge in [0.25, 0.3) is 6.43 Å². The molecule has 0 spiro atoms. The van der Waals surface area contributed by atoms with Crippen molar-refractivity contribution < 1.29 is 13.9 Å². The van der Waals surface area contributed by atoms with Crippen molar-refractivity contribution in [2.24, 2.45) is 0 Å². The second kappa shape index (κ2) is 4.01. The first-order valence-electron chi connectivity index (χ1n) is 3.90. The molecule has 0 fully saturated rings. The normalized spacial score (nSPS) is 10.2. The molecule has 1 heterocycles. The third-order valence-corrected chi connectivity index (χ3v) is 1.90. The fourth-order valence-corrected chi connectivity index (χ4v) is 1.08. The first-order valence-corrected chi connectivity index (χ1v) is 3.90. The molecule has 0 amide bonds. The molecule has 0 bridgehead atoms. The van der Waals surface area contributed by atoms with Crippen LogP contribution in [0.5, 0.6) is 5.75 Å². The topological polar surface area (TPSA) is 56.9 Å². The number of alkyl halides is 2. The predicted molar refractivity (Wildman–Crippen MR) is 44.9 cm³/mol. The van der Waals surface area contributed by atoms with E-state index in [1.54, 1.807) is 6.07 Å². The van der Waals surface area contributed by atoms with E-state index >= 15 is 0 Å². The van der Waals surface area contributed by atoms with E-state index in [9.17, 15) is 13.9 Å². The van der Waals surface area contributed by atoms with Crippen LogP contribution in [-0.4, -0.2) is 10.1 Å². The van der Waals surface area contributed by atoms with Crippen LogP contribution in [0.1, 0.15) is 23.2 Å². The minimum Gasteiger partial charge on any atom is -0.506 e. The van der Waals surface area contributed by atoms with Crippen LogP contribution in [0, 0.1) is 18.3 Å². The molecule has 0 unspecified atom stereocenters. The van der Waals surface area contributed by atoms with Gasteiger partial charge in [-0.3, -0.25) is 4.98 Å². The Kier molecular flexibility index (Phi) is 2.97. The fraction of sp³-hybridized carbons (Fsp3) is 0.333. The van der Waals surface area contributed by atoms with Crippen molar-refractivity contribution in [1.29, 1.82) is 5.26 Å². The first kappa shape index (κ1) is 10.4. The SMILES string of the molecule is Cc1c(C(F)F)cnc(CC#N)c1O. The summed E-state index contributed by atoms with van der Waals surface area (Å²) in [4.78, 5) is 3.60. The number of aromatic nitrogens is 1. The second-order valence-electron chi connectivity index (χ2n) is 2.77. The molecule has 0 aliphatic carbocycles. The smallest absolute Gasteiger partial charge is 0.265 e. The van der Waals surface area contributed by atoms with Gasteiger partial charge < -0.3 is 5.11 Å². The van der Waals surface area contributed by atoms with Crippen molar-refractivity contribution in [3.8, 4) is 11.8 Å². The molecule has 0 aromatic carbocycles. The van der Waals surface area contributed by atoms with Gasteiger partial charge in [-0.15, -0.1) is 0 Å². The van der Waals surface area contributed by atoms with Crippen molar-refractivity contribution >= 4 is 0 Å². The highest BCUT2D eigenvalue weighted by atomic mass is 19.3. The number of rotatable bonds is 2. The van der Waals surface area contributed by atoms with Crippen molar-refractivity contribution in [1.82, 2.24) is 4.98 Å². The fourth-order valence-electron chi connectivity index (χ4n) is 1.08. The Hall–Kier alpha value is -1.70. The first-order chi connectivity index (χ1) is 6.57. The molecule has 5 heteroatoms. The summed E-state index contributed by atoms with van der Waals surface area (Å²) in [6, 6.07) is 1.79. The van der Waals surface area contributed by atoms with E-state index in [4.69, 9.17) is 5.26 Å². The van der Waals surface area contributed by atoms with Crippen molar-refractivity contribution in [2.45, 2.75) is 19.8 Å². The molecular weight excluding hydrogens is 190 g/mol. The van der Waals surface area contributed by atoms with Gasteiger partial charge in [0, 0.05) is 17.3 Å². The number of nitrogens with zero attached hydrogens (tertiary/aromatic N) is 2. The van der Waals surface area contributed by atoms with Crippen LogP contribution >= 0.6 is 0 Å². The number of pyridine rings is 1. The van der Waals surface area contributed by atoms with Crippen LogP contribution in [0.15, 0.2) is 6.20 Å². The van der Waals surface area contributed by atoms with E-state index in [1.807, 2.05) is 0 Å². The predicted octanol–water partition coefficient (Wildman–Crippen LogP) is 2.10. The van der Waals surface area contributed by atoms with Crippen LogP contribution in [0.3, 0.4) is 0 Å². The van der Waals surface area contributed by atoms with Crippen LogP contribution in [-0.2, 0) is 6.42 Å². The van der Waals surface area contributed by atoms with Crippen LogP contribution in [0.25, 0.3) is 0 Å². The zero-order valence-electron chi connectivity index (χ0n) is 7.46. The van der Waals surface area contributed by atoms with Gasteiger partial charge >= 0.3 is 0 Å². The van der Waals surface area contributed by atoms with Gasteiger partial charge in [-0.05, 0) is 6.92 Å². The van der Waals surface area contributed by atoms with Crippen LogP contribution in [0.4, 0.5) is 8.78 Å². The van der Waals surface area contributed by atoms with Gasteiger partial charge in [-0.2, -0.15) is 5.26 Å². The molecular formula is C9H8F2N2O. The molecule has 0 radical (unpaired) electrons. The maximum Gasteiger partial charge on any atom is 0.265 e. The minimum atomic E-state index is -2.66. The highest BCUT2D eigenvalue weighted by Crippen LogP contribution is 2.29. The van der Waals surface area contributed by atoms with Crippen molar-refractivity contribution in [3.05, 3.63) is 23.0 Å². The van der Waals surface area contributed by atoms with Gasteiger partial charge in [-0.1, -0.05) is 0 Å². The molecule has 0 aliphatic heterocycles. The molecule has 1 rings (SSSR count). The monoisotopic (exact) mass is 198 g/mol. The maximum absolute atomic E-state index is 12.3. The molecule has 1 aromatic heterocycles. The van der Waals surface area contributed by atoms with Gasteiger partial charge in [-0.25, -0.2) is 8.78 Å². The summed E-state index contributed by atoms with van der Waals surface area (Å²) in [7, 11) is 0. The van der Waals surface area contributed by atoms with E-state index in [1.165, 1.54) is 6.92 Å². The molecule has 0 saturated carbocycles. The summed E-state index contributed by atoms with van der Waals surface area (Å²) in [5, 5.41) is 17.8. The quantitative estimate of drug-likeness (QED) is 0.791. The maximum atomic E-state index is 12.3. The zero-order valence-corrected chi connectivity index (χ0v) is 7.46. The average Bonchev–Trinajstić information content (AvgIpc) is 2.13. The average molecular weight is 198 g/mol. The summed E-state index contributed by atoms with van der Waals surface area (Å²) in [6.07, 6.45) is -1.76. The Morgan fingerprint density at radius 1 is 1.64 bits per heavy atom. The lowest BCUT2D eigenvalue weighted by molar-refractivity contribution is 0.149. The molecule has 0 aliphatic rings. The molecule has 1 N–H and O–H groups in total. The minimum absolute atomic E-state index is 0.0836. The zero-order chi connectivity index (χ0) is 10.7. The highest BCUT2D eigenvalue weighted by molar-refractivity contribution is 5.41. The van der Waals surface area contributed by atoms with E-state index in [2.05, 4.69) is 4.98 Å². The molecule has 0 atom stereocenters. The Balaban J connectivity index is 3.20. The third kappa shape index (κ3) is 1.79. The Labute approximate surface area is 79.6 Å². The molecule has 3 nitrogen and oxygen atoms in total. The largest absolute Gasteiger partial charge is 0.506 e. The second-order valence-corrected chi connectivity index (χ2v) is 2.77. The third-order valence-electron chi connectivity index (χ3n) is 1.90. The van der Waals surface area contributed by atoms with E-state index in [0.717, 1.165) is 6.20 Å². The number of nitriles is 1. The van der Waals surface area contributed by atoms with Gasteiger partial charge in [0.1, 0.15) is 5.75 Å². The Bertz CT molecular complexity index is 385. The van der Waals surface area contributed by atoms with Gasteiger partial charge in [0.05, 0.1) is 18.2 Å². The summed E-state index contributed by atoms with van der Waals surface area (Å²) in [5.41, 5.74) is -0.0844. The number of hydrogen-bond acceptors (Lipinski definition) is 3. The summed E-state index contributed by atoms with van der Waals surface area (Å²) >= 11 is 0. The Morgan fingerprint density at radius 3 is 2.79 bits per heavy atom. The summed E-state index contributed by atoms with van der Waals surface area (Å²) in [6.45, 7) is 1.37. The van der Waals surface area contributed by atoms with E-state index in [0.29, 0.717) is 0 Å². The lowest BCUT2D eigenvalue weighted by atomic mass is 10.1. The van der Waals surface area contributed by atoms with Crippen molar-refractivity contribution in [3.63, 3.8) is 0 Å². The molecule has 0 saturated heterocycles. The molecule has 74 valence electrons. The summed E-state index contributed by atoms with van der Waals surface area (Å²) < 4.78 is 24.6. The number of hydrogen-bond donors (Lipinski definition) is 1. The lowest BCUT2D eigenvalue weighted by Gasteiger charge is -2.08. The van der Waals surface area contributed by atoms with E-state index < -0.39 is 6.43 Å². The molecule has 14 heavy (non-hydrogen) atoms. The molecule has 1 aromatic rings. The number of aromatic hydroxyl groups is 1. The highest BCUT2D eigenvalue weighted by Gasteiger charge is 2.16. The standard InChI is InChI=1S/C9H8F2N2O/c1-5-6(9(10)11)4-13-7(2-3-12)8(5)14/h4,9,14H,2H2,1H3. The summed E-state index contributed by atoms with van der Waals surface area (Å²) in [5.74, 6) is -0.315. The number of halogens is 2. The van der Waals surface area contributed by atoms with Crippen LogP contribution in [0.2, 0.25) is 0 Å². The van der Waals surface area contributed by atoms with E-state index in [-0.39, 0.29) is 29.0 Å². The van der Waals surface area contributed by atoms with Gasteiger partial charge in [0.15, 0.2) is 0 Å². The Morgan fingerprint density at radius 2 is 2.29 bits per heavy atom. The van der Waals surface area contributed by atoms with Crippen LogP contribution < -0.4 is 0 Å². The van der Waals surface area contributed by atoms with Crippen molar-refractivity contribution in [2.75, 3.05) is 0 Å².